The molecule has 5 rings (SSSR count). The molecule has 1 fully saturated rings. The first-order valence-electron chi connectivity index (χ1n) is 9.47. The molecule has 2 aliphatic carbocycles. The van der Waals surface area contributed by atoms with Gasteiger partial charge in [0.2, 0.25) is 0 Å². The molecule has 1 saturated heterocycles. The Morgan fingerprint density at radius 1 is 1.00 bits per heavy atom. The van der Waals surface area contributed by atoms with Gasteiger partial charge in [0.25, 0.3) is 5.91 Å². The van der Waals surface area contributed by atoms with Crippen molar-refractivity contribution >= 4 is 17.5 Å². The van der Waals surface area contributed by atoms with Crippen LogP contribution in [-0.2, 0) is 9.53 Å². The van der Waals surface area contributed by atoms with Crippen molar-refractivity contribution in [1.29, 1.82) is 0 Å². The van der Waals surface area contributed by atoms with Crippen molar-refractivity contribution in [3.05, 3.63) is 60.0 Å². The summed E-state index contributed by atoms with van der Waals surface area (Å²) in [4.78, 5) is 20.2. The lowest BCUT2D eigenvalue weighted by Gasteiger charge is -2.43. The molecule has 6 heteroatoms. The molecule has 138 valence electrons. The minimum Gasteiger partial charge on any atom is -0.372 e. The average molecular weight is 362 g/mol. The van der Waals surface area contributed by atoms with E-state index in [1.807, 2.05) is 36.5 Å². The third-order valence-corrected chi connectivity index (χ3v) is 5.42. The zero-order chi connectivity index (χ0) is 18.5. The van der Waals surface area contributed by atoms with E-state index >= 15 is 0 Å². The van der Waals surface area contributed by atoms with Gasteiger partial charge < -0.3 is 9.64 Å². The number of amides is 1. The molecule has 0 aromatic heterocycles. The molecular weight excluding hydrogens is 340 g/mol. The predicted octanol–water partition coefficient (Wildman–Crippen LogP) is 2.40. The summed E-state index contributed by atoms with van der Waals surface area (Å²) in [6, 6.07) is 0. The fourth-order valence-electron chi connectivity index (χ4n) is 4.31. The molecule has 5 aliphatic rings. The van der Waals surface area contributed by atoms with E-state index in [0.29, 0.717) is 5.82 Å². The van der Waals surface area contributed by atoms with Crippen molar-refractivity contribution in [2.45, 2.75) is 26.1 Å². The first-order valence-corrected chi connectivity index (χ1v) is 9.47. The average Bonchev–Trinajstić information content (AvgIpc) is 2.67. The maximum Gasteiger partial charge on any atom is 0.261 e. The molecule has 6 nitrogen and oxygen atoms in total. The number of nitrogens with zero attached hydrogens (tertiary/aromatic N) is 4. The van der Waals surface area contributed by atoms with Gasteiger partial charge in [-0.05, 0) is 19.9 Å². The highest BCUT2D eigenvalue weighted by Gasteiger charge is 2.42. The lowest BCUT2D eigenvalue weighted by atomic mass is 9.89. The lowest BCUT2D eigenvalue weighted by Crippen LogP contribution is -2.53. The van der Waals surface area contributed by atoms with Gasteiger partial charge >= 0.3 is 0 Å². The van der Waals surface area contributed by atoms with Crippen molar-refractivity contribution in [2.24, 2.45) is 21.9 Å². The van der Waals surface area contributed by atoms with Crippen LogP contribution in [0.1, 0.15) is 13.8 Å². The number of rotatable bonds is 0. The van der Waals surface area contributed by atoms with Crippen LogP contribution in [0.15, 0.2) is 70.1 Å². The predicted molar refractivity (Wildman–Crippen MR) is 104 cm³/mol. The molecule has 0 N–H and O–H groups in total. The highest BCUT2D eigenvalue weighted by Crippen LogP contribution is 2.37. The maximum absolute atomic E-state index is 13.2. The van der Waals surface area contributed by atoms with Gasteiger partial charge in [-0.2, -0.15) is 5.01 Å². The molecule has 0 bridgehead atoms. The summed E-state index contributed by atoms with van der Waals surface area (Å²) in [6.45, 7) is 5.68. The molecule has 0 spiro atoms. The number of hydrazone groups is 1. The van der Waals surface area contributed by atoms with Gasteiger partial charge in [0.05, 0.1) is 23.8 Å². The second-order valence-electron chi connectivity index (χ2n) is 7.53. The lowest BCUT2D eigenvalue weighted by molar-refractivity contribution is -0.131. The van der Waals surface area contributed by atoms with Crippen molar-refractivity contribution < 1.29 is 9.53 Å². The van der Waals surface area contributed by atoms with Crippen molar-refractivity contribution in [2.75, 3.05) is 13.1 Å². The first-order chi connectivity index (χ1) is 13.1. The minimum absolute atomic E-state index is 0.00978. The van der Waals surface area contributed by atoms with E-state index in [4.69, 9.17) is 14.8 Å². The van der Waals surface area contributed by atoms with Gasteiger partial charge in [0.15, 0.2) is 5.82 Å². The molecule has 4 atom stereocenters. The fourth-order valence-corrected chi connectivity index (χ4v) is 4.31. The normalized spacial score (nSPS) is 34.2. The number of hydrogen-bond acceptors (Lipinski definition) is 5. The third-order valence-electron chi connectivity index (χ3n) is 5.42. The van der Waals surface area contributed by atoms with Gasteiger partial charge in [-0.25, -0.2) is 4.99 Å². The van der Waals surface area contributed by atoms with Crippen LogP contribution < -0.4 is 0 Å². The molecular formula is C21H22N4O2. The molecule has 0 radical (unpaired) electrons. The van der Waals surface area contributed by atoms with E-state index in [2.05, 4.69) is 30.9 Å². The molecule has 0 saturated carbocycles. The van der Waals surface area contributed by atoms with Gasteiger partial charge in [-0.1, -0.05) is 42.5 Å². The minimum atomic E-state index is -0.355. The van der Waals surface area contributed by atoms with Crippen molar-refractivity contribution in [3.8, 4) is 0 Å². The van der Waals surface area contributed by atoms with E-state index in [9.17, 15) is 4.79 Å². The highest BCUT2D eigenvalue weighted by molar-refractivity contribution is 6.15. The van der Waals surface area contributed by atoms with E-state index in [1.165, 1.54) is 5.01 Å². The molecule has 4 unspecified atom stereocenters. The van der Waals surface area contributed by atoms with E-state index < -0.39 is 0 Å². The Bertz CT molecular complexity index is 895. The fraction of sp³-hybridized carbons (Fsp3) is 0.381. The smallest absolute Gasteiger partial charge is 0.261 e. The van der Waals surface area contributed by atoms with Gasteiger partial charge in [-0.15, -0.1) is 5.10 Å². The molecule has 0 aromatic rings. The Hall–Kier alpha value is -2.73. The van der Waals surface area contributed by atoms with Crippen LogP contribution in [0.3, 0.4) is 0 Å². The van der Waals surface area contributed by atoms with Crippen LogP contribution in [0.5, 0.6) is 0 Å². The van der Waals surface area contributed by atoms with Crippen LogP contribution >= 0.6 is 0 Å². The summed E-state index contributed by atoms with van der Waals surface area (Å²) in [7, 11) is 0. The van der Waals surface area contributed by atoms with E-state index in [1.54, 1.807) is 0 Å². The Morgan fingerprint density at radius 2 is 1.70 bits per heavy atom. The second kappa shape index (κ2) is 6.16. The number of carbonyl (C=O) groups excluding carboxylic acids is 1. The molecule has 3 heterocycles. The Balaban J connectivity index is 1.60. The topological polar surface area (TPSA) is 57.5 Å². The van der Waals surface area contributed by atoms with Gasteiger partial charge in [0, 0.05) is 18.7 Å². The third kappa shape index (κ3) is 2.63. The van der Waals surface area contributed by atoms with E-state index in [-0.39, 0.29) is 30.0 Å². The zero-order valence-corrected chi connectivity index (χ0v) is 15.4. The largest absolute Gasteiger partial charge is 0.372 e. The molecule has 0 aromatic carbocycles. The van der Waals surface area contributed by atoms with Crippen molar-refractivity contribution in [1.82, 2.24) is 9.91 Å². The second-order valence-corrected chi connectivity index (χ2v) is 7.53. The van der Waals surface area contributed by atoms with Crippen LogP contribution in [0, 0.1) is 11.8 Å². The van der Waals surface area contributed by atoms with Crippen LogP contribution in [0.2, 0.25) is 0 Å². The van der Waals surface area contributed by atoms with Gasteiger partial charge in [0.1, 0.15) is 11.8 Å². The number of hydrogen-bond donors (Lipinski definition) is 0. The van der Waals surface area contributed by atoms with Crippen LogP contribution in [-0.4, -0.2) is 52.7 Å². The summed E-state index contributed by atoms with van der Waals surface area (Å²) >= 11 is 0. The molecule has 27 heavy (non-hydrogen) atoms. The van der Waals surface area contributed by atoms with Gasteiger partial charge in [-0.3, -0.25) is 4.79 Å². The van der Waals surface area contributed by atoms with Crippen molar-refractivity contribution in [3.63, 3.8) is 0 Å². The summed E-state index contributed by atoms with van der Waals surface area (Å²) in [5, 5.41) is 6.32. The number of carbonyl (C=O) groups is 1. The first kappa shape index (κ1) is 16.4. The van der Waals surface area contributed by atoms with Crippen LogP contribution in [0.4, 0.5) is 0 Å². The zero-order valence-electron chi connectivity index (χ0n) is 15.4. The monoisotopic (exact) mass is 362 g/mol. The maximum atomic E-state index is 13.2. The Labute approximate surface area is 158 Å². The number of fused-ring (bicyclic) bond motifs is 3. The summed E-state index contributed by atoms with van der Waals surface area (Å²) in [6.07, 6.45) is 16.1. The van der Waals surface area contributed by atoms with Crippen LogP contribution in [0.25, 0.3) is 0 Å². The number of amidine groups is 1. The number of ether oxygens (including phenoxy) is 1. The summed E-state index contributed by atoms with van der Waals surface area (Å²) < 4.78 is 5.88. The number of aliphatic imine (C=N–C) groups is 1. The Kier molecular flexibility index (Phi) is 3.75. The highest BCUT2D eigenvalue weighted by atomic mass is 16.5. The molecule has 3 aliphatic heterocycles. The van der Waals surface area contributed by atoms with E-state index in [0.717, 1.165) is 30.2 Å². The number of allylic oxidation sites excluding steroid dienone is 6. The standard InChI is InChI=1S/C21H22N4O2/c1-13-11-24(12-14(2)27-13)20-16-8-4-3-7-15(16)19-22-18-10-6-5-9-17(18)21(26)25(19)23-20/h3-10,13-14,16-17H,11-12H2,1-2H3. The Morgan fingerprint density at radius 3 is 2.48 bits per heavy atom. The summed E-state index contributed by atoms with van der Waals surface area (Å²) in [5.74, 6) is 1.16. The SMILES string of the molecule is CC1CN(C2=NN3C(=O)C4C=CC=CC4=NC3=C3C=CC=CC23)CC(C)O1. The molecule has 1 amide bonds. The summed E-state index contributed by atoms with van der Waals surface area (Å²) in [5.41, 5.74) is 1.81. The quantitative estimate of drug-likeness (QED) is 0.665. The number of morpholine rings is 1.